The van der Waals surface area contributed by atoms with Gasteiger partial charge in [-0.2, -0.15) is 0 Å². The van der Waals surface area contributed by atoms with Gasteiger partial charge in [-0.3, -0.25) is 9.36 Å². The number of nitrogens with one attached hydrogen (secondary N) is 1. The third kappa shape index (κ3) is 3.61. The molecular weight excluding hydrogens is 409 g/mol. The van der Waals surface area contributed by atoms with Crippen molar-refractivity contribution < 1.29 is 9.18 Å². The Kier molecular flexibility index (Phi) is 4.49. The van der Waals surface area contributed by atoms with E-state index >= 15 is 0 Å². The molecule has 0 aliphatic carbocycles. The number of hydrogen-bond acceptors (Lipinski definition) is 2. The lowest BCUT2D eigenvalue weighted by atomic mass is 10.0. The number of anilines is 1. The summed E-state index contributed by atoms with van der Waals surface area (Å²) in [5, 5.41) is 2.83. The number of hydrogen-bond donors (Lipinski definition) is 1. The minimum absolute atomic E-state index is 0.156. The molecule has 0 spiro atoms. The van der Waals surface area contributed by atoms with Crippen molar-refractivity contribution in [3.63, 3.8) is 0 Å². The summed E-state index contributed by atoms with van der Waals surface area (Å²) in [6.45, 7) is 1.47. The minimum Gasteiger partial charge on any atom is -0.326 e. The molecule has 0 saturated heterocycles. The molecule has 4 nitrogen and oxygen atoms in total. The number of imidazole rings is 1. The van der Waals surface area contributed by atoms with E-state index in [1.54, 1.807) is 18.5 Å². The van der Waals surface area contributed by atoms with E-state index in [1.807, 2.05) is 41.0 Å². The van der Waals surface area contributed by atoms with Crippen LogP contribution in [0, 0.1) is 5.82 Å². The van der Waals surface area contributed by atoms with E-state index in [1.165, 1.54) is 19.1 Å². The van der Waals surface area contributed by atoms with Crippen molar-refractivity contribution in [2.45, 2.75) is 6.92 Å². The molecular formula is C21H15BrFN3O. The van der Waals surface area contributed by atoms with E-state index in [-0.39, 0.29) is 11.7 Å². The van der Waals surface area contributed by atoms with E-state index in [9.17, 15) is 9.18 Å². The monoisotopic (exact) mass is 423 g/mol. The van der Waals surface area contributed by atoms with Crippen molar-refractivity contribution in [2.75, 3.05) is 5.32 Å². The molecule has 0 radical (unpaired) electrons. The van der Waals surface area contributed by atoms with Crippen molar-refractivity contribution in [3.05, 3.63) is 77.3 Å². The van der Waals surface area contributed by atoms with Crippen LogP contribution in [0.15, 0.2) is 71.5 Å². The van der Waals surface area contributed by atoms with Gasteiger partial charge in [0.25, 0.3) is 0 Å². The maximum atomic E-state index is 13.3. The summed E-state index contributed by atoms with van der Waals surface area (Å²) in [6.07, 6.45) is 1.75. The number of halogens is 2. The topological polar surface area (TPSA) is 46.9 Å². The number of aromatic nitrogens is 2. The highest BCUT2D eigenvalue weighted by molar-refractivity contribution is 9.10. The van der Waals surface area contributed by atoms with E-state index in [4.69, 9.17) is 0 Å². The zero-order chi connectivity index (χ0) is 19.0. The molecule has 3 aromatic carbocycles. The van der Waals surface area contributed by atoms with Crippen LogP contribution in [0.3, 0.4) is 0 Å². The number of amides is 1. The fourth-order valence-electron chi connectivity index (χ4n) is 3.03. The largest absolute Gasteiger partial charge is 0.326 e. The summed E-state index contributed by atoms with van der Waals surface area (Å²) in [6, 6.07) is 17.9. The van der Waals surface area contributed by atoms with Gasteiger partial charge in [0.1, 0.15) is 12.1 Å². The zero-order valence-electron chi connectivity index (χ0n) is 14.4. The molecule has 27 heavy (non-hydrogen) atoms. The van der Waals surface area contributed by atoms with Crippen molar-refractivity contribution in [1.82, 2.24) is 9.55 Å². The highest BCUT2D eigenvalue weighted by Gasteiger charge is 2.10. The Morgan fingerprint density at radius 3 is 2.56 bits per heavy atom. The van der Waals surface area contributed by atoms with Gasteiger partial charge >= 0.3 is 0 Å². The van der Waals surface area contributed by atoms with Crippen molar-refractivity contribution in [2.24, 2.45) is 0 Å². The van der Waals surface area contributed by atoms with Gasteiger partial charge in [0.2, 0.25) is 5.91 Å². The second kappa shape index (κ2) is 6.96. The summed E-state index contributed by atoms with van der Waals surface area (Å²) in [4.78, 5) is 16.0. The normalized spacial score (nSPS) is 10.9. The van der Waals surface area contributed by atoms with Crippen molar-refractivity contribution in [1.29, 1.82) is 0 Å². The molecule has 134 valence electrons. The highest BCUT2D eigenvalue weighted by Crippen LogP contribution is 2.29. The number of fused-ring (bicyclic) bond motifs is 1. The maximum Gasteiger partial charge on any atom is 0.221 e. The fraction of sp³-hybridized carbons (Fsp3) is 0.0476. The SMILES string of the molecule is CC(=O)Nc1cc(-c2ccc(F)cc2)cc(-n2cnc3cc(Br)ccc32)c1. The molecule has 1 amide bonds. The first-order valence-corrected chi connectivity index (χ1v) is 9.10. The molecule has 1 N–H and O–H groups in total. The molecule has 4 rings (SSSR count). The van der Waals surface area contributed by atoms with Crippen molar-refractivity contribution in [3.8, 4) is 16.8 Å². The maximum absolute atomic E-state index is 13.3. The van der Waals surface area contributed by atoms with Crippen LogP contribution >= 0.6 is 15.9 Å². The van der Waals surface area contributed by atoms with E-state index in [2.05, 4.69) is 26.2 Å². The van der Waals surface area contributed by atoms with Gasteiger partial charge in [0.15, 0.2) is 0 Å². The summed E-state index contributed by atoms with van der Waals surface area (Å²) in [7, 11) is 0. The van der Waals surface area contributed by atoms with E-state index in [0.717, 1.165) is 32.3 Å². The molecule has 6 heteroatoms. The summed E-state index contributed by atoms with van der Waals surface area (Å²) in [5.41, 5.74) is 5.05. The Bertz CT molecular complexity index is 1150. The third-order valence-electron chi connectivity index (χ3n) is 4.20. The number of rotatable bonds is 3. The average molecular weight is 424 g/mol. The Morgan fingerprint density at radius 2 is 1.81 bits per heavy atom. The van der Waals surface area contributed by atoms with Crippen LogP contribution in [0.2, 0.25) is 0 Å². The first-order valence-electron chi connectivity index (χ1n) is 8.31. The molecule has 0 saturated carbocycles. The summed E-state index contributed by atoms with van der Waals surface area (Å²) < 4.78 is 16.2. The molecule has 4 aromatic rings. The standard InChI is InChI=1S/C21H15BrFN3O/c1-13(27)25-18-8-15(14-2-5-17(23)6-3-14)9-19(11-18)26-12-24-20-10-16(22)4-7-21(20)26/h2-12H,1H3,(H,25,27). The van der Waals surface area contributed by atoms with Gasteiger partial charge in [-0.15, -0.1) is 0 Å². The highest BCUT2D eigenvalue weighted by atomic mass is 79.9. The average Bonchev–Trinajstić information content (AvgIpc) is 3.04. The predicted octanol–water partition coefficient (Wildman–Crippen LogP) is 5.55. The predicted molar refractivity (Wildman–Crippen MR) is 108 cm³/mol. The Balaban J connectivity index is 1.89. The quantitative estimate of drug-likeness (QED) is 0.469. The molecule has 0 bridgehead atoms. The Hall–Kier alpha value is -2.99. The number of carbonyl (C=O) groups excluding carboxylic acids is 1. The molecule has 0 atom stereocenters. The molecule has 0 aliphatic rings. The first-order chi connectivity index (χ1) is 13.0. The van der Waals surface area contributed by atoms with Gasteiger partial charge in [0.05, 0.1) is 11.0 Å². The number of carbonyl (C=O) groups is 1. The van der Waals surface area contributed by atoms with Crippen LogP contribution < -0.4 is 5.32 Å². The molecule has 0 fully saturated rings. The third-order valence-corrected chi connectivity index (χ3v) is 4.70. The van der Waals surface area contributed by atoms with Gasteiger partial charge in [-0.1, -0.05) is 28.1 Å². The van der Waals surface area contributed by atoms with Crippen molar-refractivity contribution >= 4 is 38.6 Å². The lowest BCUT2D eigenvalue weighted by molar-refractivity contribution is -0.114. The second-order valence-electron chi connectivity index (χ2n) is 6.20. The van der Waals surface area contributed by atoms with Gasteiger partial charge in [-0.05, 0) is 59.7 Å². The fourth-order valence-corrected chi connectivity index (χ4v) is 3.38. The second-order valence-corrected chi connectivity index (χ2v) is 7.12. The van der Waals surface area contributed by atoms with Crippen LogP contribution in [-0.4, -0.2) is 15.5 Å². The smallest absolute Gasteiger partial charge is 0.221 e. The molecule has 1 aromatic heterocycles. The number of nitrogens with zero attached hydrogens (tertiary/aromatic N) is 2. The Labute approximate surface area is 163 Å². The van der Waals surface area contributed by atoms with E-state index in [0.29, 0.717) is 5.69 Å². The lowest BCUT2D eigenvalue weighted by Gasteiger charge is -2.12. The van der Waals surface area contributed by atoms with Crippen LogP contribution in [0.5, 0.6) is 0 Å². The van der Waals surface area contributed by atoms with Gasteiger partial charge < -0.3 is 5.32 Å². The molecule has 1 heterocycles. The number of benzene rings is 3. The zero-order valence-corrected chi connectivity index (χ0v) is 16.0. The first kappa shape index (κ1) is 17.4. The molecule has 0 unspecified atom stereocenters. The minimum atomic E-state index is -0.289. The summed E-state index contributed by atoms with van der Waals surface area (Å²) in [5.74, 6) is -0.445. The van der Waals surface area contributed by atoms with Crippen LogP contribution in [0.1, 0.15) is 6.92 Å². The van der Waals surface area contributed by atoms with Gasteiger partial charge in [-0.25, -0.2) is 9.37 Å². The lowest BCUT2D eigenvalue weighted by Crippen LogP contribution is -2.06. The summed E-state index contributed by atoms with van der Waals surface area (Å²) >= 11 is 3.46. The van der Waals surface area contributed by atoms with Crippen LogP contribution in [0.25, 0.3) is 27.8 Å². The van der Waals surface area contributed by atoms with Crippen LogP contribution in [-0.2, 0) is 4.79 Å². The van der Waals surface area contributed by atoms with Gasteiger partial charge in [0, 0.05) is 22.8 Å². The Morgan fingerprint density at radius 1 is 1.04 bits per heavy atom. The van der Waals surface area contributed by atoms with Crippen LogP contribution in [0.4, 0.5) is 10.1 Å². The molecule has 0 aliphatic heterocycles. The van der Waals surface area contributed by atoms with E-state index < -0.39 is 0 Å².